The summed E-state index contributed by atoms with van der Waals surface area (Å²) in [5.41, 5.74) is 3.10. The number of para-hydroxylation sites is 1. The Hall–Kier alpha value is -1.02. The molecule has 0 bridgehead atoms. The van der Waals surface area contributed by atoms with Crippen molar-refractivity contribution in [2.24, 2.45) is 0 Å². The highest BCUT2D eigenvalue weighted by Gasteiger charge is 2.20. The van der Waals surface area contributed by atoms with E-state index < -0.39 is 0 Å². The number of nitrogens with zero attached hydrogens (tertiary/aromatic N) is 1. The molecule has 1 aromatic carbocycles. The molecule has 0 amide bonds. The second-order valence-electron chi connectivity index (χ2n) is 6.21. The van der Waals surface area contributed by atoms with Gasteiger partial charge in [0.05, 0.1) is 0 Å². The molecule has 1 saturated heterocycles. The fraction of sp³-hybridized carbons (Fsp3) is 0.625. The molecule has 0 aromatic heterocycles. The van der Waals surface area contributed by atoms with Crippen LogP contribution in [0, 0.1) is 0 Å². The molecule has 0 unspecified atom stereocenters. The summed E-state index contributed by atoms with van der Waals surface area (Å²) in [7, 11) is 0. The van der Waals surface area contributed by atoms with Crippen molar-refractivity contribution in [1.29, 1.82) is 0 Å². The highest BCUT2D eigenvalue weighted by Crippen LogP contribution is 2.31. The van der Waals surface area contributed by atoms with E-state index in [2.05, 4.69) is 55.3 Å². The molecule has 1 fully saturated rings. The predicted octanol–water partition coefficient (Wildman–Crippen LogP) is 3.17. The van der Waals surface area contributed by atoms with Crippen LogP contribution < -0.4 is 10.2 Å². The molecule has 0 saturated carbocycles. The summed E-state index contributed by atoms with van der Waals surface area (Å²) in [6.45, 7) is 11.5. The van der Waals surface area contributed by atoms with Crippen LogP contribution in [0.2, 0.25) is 0 Å². The largest absolute Gasteiger partial charge is 0.370 e. The number of nitrogens with one attached hydrogen (secondary N) is 1. The average Bonchev–Trinajstić information content (AvgIpc) is 2.27. The Labute approximate surface area is 111 Å². The van der Waals surface area contributed by atoms with E-state index >= 15 is 0 Å². The number of anilines is 1. The lowest BCUT2D eigenvalue weighted by molar-refractivity contribution is 0.554. The van der Waals surface area contributed by atoms with E-state index in [9.17, 15) is 0 Å². The molecular weight excluding hydrogens is 220 g/mol. The smallest absolute Gasteiger partial charge is 0.0404 e. The van der Waals surface area contributed by atoms with Gasteiger partial charge >= 0.3 is 0 Å². The van der Waals surface area contributed by atoms with Gasteiger partial charge in [0.1, 0.15) is 0 Å². The first-order chi connectivity index (χ1) is 8.59. The Morgan fingerprint density at radius 3 is 2.56 bits per heavy atom. The van der Waals surface area contributed by atoms with Crippen LogP contribution in [0.4, 0.5) is 5.69 Å². The third-order valence-corrected chi connectivity index (χ3v) is 3.64. The van der Waals surface area contributed by atoms with Gasteiger partial charge in [-0.1, -0.05) is 39.0 Å². The zero-order chi connectivity index (χ0) is 13.0. The summed E-state index contributed by atoms with van der Waals surface area (Å²) in [5, 5.41) is 3.50. The van der Waals surface area contributed by atoms with Crippen molar-refractivity contribution < 1.29 is 0 Å². The van der Waals surface area contributed by atoms with Gasteiger partial charge in [-0.2, -0.15) is 0 Å². The number of hydrogen-bond acceptors (Lipinski definition) is 2. The van der Waals surface area contributed by atoms with Gasteiger partial charge in [-0.15, -0.1) is 0 Å². The molecule has 0 radical (unpaired) electrons. The van der Waals surface area contributed by atoms with Crippen LogP contribution in [0.25, 0.3) is 0 Å². The van der Waals surface area contributed by atoms with E-state index in [-0.39, 0.29) is 5.41 Å². The number of benzene rings is 1. The molecule has 1 aliphatic heterocycles. The van der Waals surface area contributed by atoms with Crippen molar-refractivity contribution in [2.75, 3.05) is 31.1 Å². The third kappa shape index (κ3) is 3.26. The van der Waals surface area contributed by atoms with Crippen molar-refractivity contribution in [3.63, 3.8) is 0 Å². The van der Waals surface area contributed by atoms with Crippen LogP contribution in [-0.4, -0.2) is 26.2 Å². The average molecular weight is 246 g/mol. The molecule has 1 aliphatic rings. The Kier molecular flexibility index (Phi) is 4.28. The second kappa shape index (κ2) is 5.75. The molecule has 1 N–H and O–H groups in total. The van der Waals surface area contributed by atoms with Crippen molar-refractivity contribution in [1.82, 2.24) is 5.32 Å². The summed E-state index contributed by atoms with van der Waals surface area (Å²) in [6.07, 6.45) is 2.57. The van der Waals surface area contributed by atoms with Crippen LogP contribution in [-0.2, 0) is 5.41 Å². The maximum absolute atomic E-state index is 3.50. The Bertz CT molecular complexity index is 371. The molecule has 2 heteroatoms. The Balaban J connectivity index is 2.25. The standard InChI is InChI=1S/C16H26N2/c1-16(2,3)14-8-4-5-9-15(14)18-12-7-6-10-17-11-13-18/h4-5,8-9,17H,6-7,10-13H2,1-3H3. The van der Waals surface area contributed by atoms with Crippen molar-refractivity contribution >= 4 is 5.69 Å². The van der Waals surface area contributed by atoms with Crippen LogP contribution in [0.5, 0.6) is 0 Å². The minimum absolute atomic E-state index is 0.215. The van der Waals surface area contributed by atoms with E-state index in [1.807, 2.05) is 0 Å². The normalized spacial score (nSPS) is 18.3. The fourth-order valence-electron chi connectivity index (χ4n) is 2.63. The first kappa shape index (κ1) is 13.4. The van der Waals surface area contributed by atoms with Gasteiger partial charge in [-0.05, 0) is 36.4 Å². The summed E-state index contributed by atoms with van der Waals surface area (Å²) in [6, 6.07) is 8.88. The molecule has 2 nitrogen and oxygen atoms in total. The van der Waals surface area contributed by atoms with Crippen LogP contribution in [0.1, 0.15) is 39.2 Å². The van der Waals surface area contributed by atoms with Crippen LogP contribution >= 0.6 is 0 Å². The van der Waals surface area contributed by atoms with Crippen molar-refractivity contribution in [3.8, 4) is 0 Å². The molecule has 1 aromatic rings. The van der Waals surface area contributed by atoms with Gasteiger partial charge in [0, 0.05) is 25.3 Å². The first-order valence-corrected chi connectivity index (χ1v) is 7.14. The lowest BCUT2D eigenvalue weighted by Gasteiger charge is -2.32. The summed E-state index contributed by atoms with van der Waals surface area (Å²) in [5.74, 6) is 0. The van der Waals surface area contributed by atoms with Gasteiger partial charge in [0.15, 0.2) is 0 Å². The molecule has 1 heterocycles. The maximum atomic E-state index is 3.50. The van der Waals surface area contributed by atoms with Gasteiger partial charge in [0.2, 0.25) is 0 Å². The Morgan fingerprint density at radius 2 is 1.78 bits per heavy atom. The molecule has 100 valence electrons. The molecular formula is C16H26N2. The molecule has 0 atom stereocenters. The van der Waals surface area contributed by atoms with Gasteiger partial charge in [-0.3, -0.25) is 0 Å². The SMILES string of the molecule is CC(C)(C)c1ccccc1N1CCCCNCC1. The molecule has 0 aliphatic carbocycles. The summed E-state index contributed by atoms with van der Waals surface area (Å²) in [4.78, 5) is 2.55. The zero-order valence-corrected chi connectivity index (χ0v) is 12.0. The quantitative estimate of drug-likeness (QED) is 0.819. The first-order valence-electron chi connectivity index (χ1n) is 7.14. The van der Waals surface area contributed by atoms with E-state index in [1.54, 1.807) is 0 Å². The monoisotopic (exact) mass is 246 g/mol. The van der Waals surface area contributed by atoms with Gasteiger partial charge in [-0.25, -0.2) is 0 Å². The fourth-order valence-corrected chi connectivity index (χ4v) is 2.63. The highest BCUT2D eigenvalue weighted by atomic mass is 15.1. The van der Waals surface area contributed by atoms with E-state index in [0.29, 0.717) is 0 Å². The minimum Gasteiger partial charge on any atom is -0.370 e. The Morgan fingerprint density at radius 1 is 1.00 bits per heavy atom. The zero-order valence-electron chi connectivity index (χ0n) is 12.0. The van der Waals surface area contributed by atoms with E-state index in [0.717, 1.165) is 13.1 Å². The molecule has 0 spiro atoms. The topological polar surface area (TPSA) is 15.3 Å². The van der Waals surface area contributed by atoms with Crippen LogP contribution in [0.3, 0.4) is 0 Å². The lowest BCUT2D eigenvalue weighted by atomic mass is 9.85. The van der Waals surface area contributed by atoms with Crippen molar-refractivity contribution in [3.05, 3.63) is 29.8 Å². The maximum Gasteiger partial charge on any atom is 0.0404 e. The van der Waals surface area contributed by atoms with Gasteiger partial charge < -0.3 is 10.2 Å². The second-order valence-corrected chi connectivity index (χ2v) is 6.21. The third-order valence-electron chi connectivity index (χ3n) is 3.64. The van der Waals surface area contributed by atoms with E-state index in [4.69, 9.17) is 0 Å². The molecule has 18 heavy (non-hydrogen) atoms. The lowest BCUT2D eigenvalue weighted by Crippen LogP contribution is -2.37. The van der Waals surface area contributed by atoms with Crippen molar-refractivity contribution in [2.45, 2.75) is 39.0 Å². The van der Waals surface area contributed by atoms with Gasteiger partial charge in [0.25, 0.3) is 0 Å². The molecule has 2 rings (SSSR count). The van der Waals surface area contributed by atoms with E-state index in [1.165, 1.54) is 37.2 Å². The highest BCUT2D eigenvalue weighted by molar-refractivity contribution is 5.56. The summed E-state index contributed by atoms with van der Waals surface area (Å²) < 4.78 is 0. The van der Waals surface area contributed by atoms with Crippen LogP contribution in [0.15, 0.2) is 24.3 Å². The summed E-state index contributed by atoms with van der Waals surface area (Å²) >= 11 is 0. The number of hydrogen-bond donors (Lipinski definition) is 1. The number of rotatable bonds is 1. The predicted molar refractivity (Wildman–Crippen MR) is 79.5 cm³/mol. The minimum atomic E-state index is 0.215.